The molecule has 5 nitrogen and oxygen atoms in total. The predicted octanol–water partition coefficient (Wildman–Crippen LogP) is 4.48. The molecule has 2 aromatic heterocycles. The second-order valence-electron chi connectivity index (χ2n) is 6.38. The zero-order valence-electron chi connectivity index (χ0n) is 16.0. The summed E-state index contributed by atoms with van der Waals surface area (Å²) in [5, 5.41) is 9.98. The van der Waals surface area contributed by atoms with Crippen LogP contribution in [0.15, 0.2) is 69.7 Å². The summed E-state index contributed by atoms with van der Waals surface area (Å²) in [4.78, 5) is 9.15. The summed E-state index contributed by atoms with van der Waals surface area (Å²) in [6.07, 6.45) is 5.34. The lowest BCUT2D eigenvalue weighted by molar-refractivity contribution is 0.506. The van der Waals surface area contributed by atoms with Crippen LogP contribution in [0.1, 0.15) is 29.2 Å². The van der Waals surface area contributed by atoms with Gasteiger partial charge >= 0.3 is 0 Å². The number of benzene rings is 1. The molecule has 0 aliphatic heterocycles. The zero-order chi connectivity index (χ0) is 18.7. The van der Waals surface area contributed by atoms with Crippen molar-refractivity contribution in [3.63, 3.8) is 0 Å². The predicted molar refractivity (Wildman–Crippen MR) is 127 cm³/mol. The van der Waals surface area contributed by atoms with E-state index in [2.05, 4.69) is 46.8 Å². The standard InChI is InChI=1S/C21H26N4OS.HI/c1-17(20-22-13-15-27-20)16-25-21(24-12-10-19-8-5-14-26-19)23-11-9-18-6-3-2-4-7-18;/h2-8,13-15,17H,9-12,16H2,1H3,(H2,23,24,25);1H. The molecule has 0 aliphatic carbocycles. The van der Waals surface area contributed by atoms with Gasteiger partial charge < -0.3 is 15.1 Å². The van der Waals surface area contributed by atoms with Crippen LogP contribution in [0.25, 0.3) is 0 Å². The number of furan rings is 1. The highest BCUT2D eigenvalue weighted by molar-refractivity contribution is 14.0. The molecule has 3 rings (SSSR count). The summed E-state index contributed by atoms with van der Waals surface area (Å²) < 4.78 is 5.39. The van der Waals surface area contributed by atoms with E-state index in [9.17, 15) is 0 Å². The Balaban J connectivity index is 0.00000280. The first-order chi connectivity index (χ1) is 13.3. The van der Waals surface area contributed by atoms with E-state index in [1.165, 1.54) is 5.56 Å². The Morgan fingerprint density at radius 1 is 1.11 bits per heavy atom. The molecule has 1 unspecified atom stereocenters. The third-order valence-corrected chi connectivity index (χ3v) is 5.20. The van der Waals surface area contributed by atoms with Crippen molar-refractivity contribution in [3.05, 3.63) is 76.6 Å². The van der Waals surface area contributed by atoms with E-state index in [-0.39, 0.29) is 24.0 Å². The lowest BCUT2D eigenvalue weighted by Gasteiger charge is -2.13. The molecule has 150 valence electrons. The number of aromatic nitrogens is 1. The monoisotopic (exact) mass is 510 g/mol. The molecule has 0 saturated carbocycles. The minimum absolute atomic E-state index is 0. The van der Waals surface area contributed by atoms with Crippen molar-refractivity contribution < 1.29 is 4.42 Å². The van der Waals surface area contributed by atoms with E-state index in [0.717, 1.165) is 42.7 Å². The van der Waals surface area contributed by atoms with Gasteiger partial charge in [-0.15, -0.1) is 35.3 Å². The van der Waals surface area contributed by atoms with Crippen LogP contribution in [0.2, 0.25) is 0 Å². The van der Waals surface area contributed by atoms with Crippen LogP contribution in [0.3, 0.4) is 0 Å². The van der Waals surface area contributed by atoms with E-state index in [4.69, 9.17) is 9.41 Å². The van der Waals surface area contributed by atoms with Gasteiger partial charge in [0.2, 0.25) is 0 Å². The van der Waals surface area contributed by atoms with Gasteiger partial charge in [-0.05, 0) is 24.1 Å². The first kappa shape index (κ1) is 22.4. The smallest absolute Gasteiger partial charge is 0.191 e. The normalized spacial score (nSPS) is 12.2. The Bertz CT molecular complexity index is 791. The number of nitrogens with one attached hydrogen (secondary N) is 2. The molecular weight excluding hydrogens is 483 g/mol. The zero-order valence-corrected chi connectivity index (χ0v) is 19.2. The Labute approximate surface area is 187 Å². The van der Waals surface area contributed by atoms with Crippen LogP contribution in [-0.4, -0.2) is 30.6 Å². The number of rotatable bonds is 9. The first-order valence-electron chi connectivity index (χ1n) is 9.29. The molecule has 0 bridgehead atoms. The average molecular weight is 510 g/mol. The summed E-state index contributed by atoms with van der Waals surface area (Å²) in [5.41, 5.74) is 1.32. The summed E-state index contributed by atoms with van der Waals surface area (Å²) in [5.74, 6) is 2.12. The number of hydrogen-bond donors (Lipinski definition) is 2. The van der Waals surface area contributed by atoms with Crippen molar-refractivity contribution in [2.45, 2.75) is 25.7 Å². The molecule has 0 radical (unpaired) electrons. The SMILES string of the molecule is CC(CN=C(NCCc1ccccc1)NCCc1ccco1)c1nccs1.I. The van der Waals surface area contributed by atoms with Crippen LogP contribution in [0, 0.1) is 0 Å². The van der Waals surface area contributed by atoms with Crippen molar-refractivity contribution in [2.24, 2.45) is 4.99 Å². The van der Waals surface area contributed by atoms with Gasteiger partial charge in [0, 0.05) is 37.0 Å². The third kappa shape index (κ3) is 7.63. The van der Waals surface area contributed by atoms with Gasteiger partial charge in [0.05, 0.1) is 17.8 Å². The number of nitrogens with zero attached hydrogens (tertiary/aromatic N) is 2. The van der Waals surface area contributed by atoms with Crippen molar-refractivity contribution in [3.8, 4) is 0 Å². The summed E-state index contributed by atoms with van der Waals surface area (Å²) in [6.45, 7) is 4.47. The molecule has 3 aromatic rings. The minimum Gasteiger partial charge on any atom is -0.469 e. The quantitative estimate of drug-likeness (QED) is 0.253. The summed E-state index contributed by atoms with van der Waals surface area (Å²) in [6, 6.07) is 14.4. The van der Waals surface area contributed by atoms with Crippen molar-refractivity contribution in [1.82, 2.24) is 15.6 Å². The van der Waals surface area contributed by atoms with E-state index < -0.39 is 0 Å². The second kappa shape index (κ2) is 12.6. The van der Waals surface area contributed by atoms with Crippen LogP contribution >= 0.6 is 35.3 Å². The summed E-state index contributed by atoms with van der Waals surface area (Å²) in [7, 11) is 0. The number of halogens is 1. The highest BCUT2D eigenvalue weighted by Crippen LogP contribution is 2.17. The molecule has 0 amide bonds. The number of hydrogen-bond acceptors (Lipinski definition) is 4. The molecule has 1 atom stereocenters. The van der Waals surface area contributed by atoms with Gasteiger partial charge in [0.15, 0.2) is 5.96 Å². The van der Waals surface area contributed by atoms with E-state index in [1.54, 1.807) is 17.6 Å². The Kier molecular flexibility index (Phi) is 10.1. The number of guanidine groups is 1. The third-order valence-electron chi connectivity index (χ3n) is 4.19. The lowest BCUT2D eigenvalue weighted by atomic mass is 10.1. The molecule has 28 heavy (non-hydrogen) atoms. The van der Waals surface area contributed by atoms with Gasteiger partial charge in [-0.25, -0.2) is 4.98 Å². The molecule has 0 spiro atoms. The van der Waals surface area contributed by atoms with Gasteiger partial charge in [0.1, 0.15) is 5.76 Å². The van der Waals surface area contributed by atoms with Gasteiger partial charge in [0.25, 0.3) is 0 Å². The molecule has 1 aromatic carbocycles. The average Bonchev–Trinajstić information content (AvgIpc) is 3.40. The maximum Gasteiger partial charge on any atom is 0.191 e. The fourth-order valence-electron chi connectivity index (χ4n) is 2.69. The van der Waals surface area contributed by atoms with Gasteiger partial charge in [-0.1, -0.05) is 37.3 Å². The largest absolute Gasteiger partial charge is 0.469 e. The van der Waals surface area contributed by atoms with Crippen molar-refractivity contribution in [1.29, 1.82) is 0 Å². The van der Waals surface area contributed by atoms with Crippen LogP contribution in [0.4, 0.5) is 0 Å². The fraction of sp³-hybridized carbons (Fsp3) is 0.333. The van der Waals surface area contributed by atoms with Crippen molar-refractivity contribution in [2.75, 3.05) is 19.6 Å². The fourth-order valence-corrected chi connectivity index (χ4v) is 3.38. The van der Waals surface area contributed by atoms with E-state index in [1.807, 2.05) is 29.8 Å². The van der Waals surface area contributed by atoms with Crippen LogP contribution < -0.4 is 10.6 Å². The van der Waals surface area contributed by atoms with Gasteiger partial charge in [-0.2, -0.15) is 0 Å². The second-order valence-corrected chi connectivity index (χ2v) is 7.31. The molecule has 0 fully saturated rings. The van der Waals surface area contributed by atoms with E-state index in [0.29, 0.717) is 12.5 Å². The molecule has 2 heterocycles. The van der Waals surface area contributed by atoms with Crippen LogP contribution in [0.5, 0.6) is 0 Å². The number of aliphatic imine (C=N–C) groups is 1. The first-order valence-corrected chi connectivity index (χ1v) is 10.2. The minimum atomic E-state index is 0. The molecular formula is C21H27IN4OS. The molecule has 2 N–H and O–H groups in total. The molecule has 7 heteroatoms. The maximum atomic E-state index is 5.39. The molecule has 0 saturated heterocycles. The Morgan fingerprint density at radius 2 is 1.89 bits per heavy atom. The maximum absolute atomic E-state index is 5.39. The highest BCUT2D eigenvalue weighted by atomic mass is 127. The van der Waals surface area contributed by atoms with Gasteiger partial charge in [-0.3, -0.25) is 4.99 Å². The summed E-state index contributed by atoms with van der Waals surface area (Å²) >= 11 is 1.68. The van der Waals surface area contributed by atoms with Crippen molar-refractivity contribution >= 4 is 41.3 Å². The highest BCUT2D eigenvalue weighted by Gasteiger charge is 2.08. The Hall–Kier alpha value is -1.87. The lowest BCUT2D eigenvalue weighted by Crippen LogP contribution is -2.39. The molecule has 0 aliphatic rings. The Morgan fingerprint density at radius 3 is 2.57 bits per heavy atom. The van der Waals surface area contributed by atoms with E-state index >= 15 is 0 Å². The topological polar surface area (TPSA) is 62.5 Å². The number of thiazole rings is 1. The van der Waals surface area contributed by atoms with Crippen LogP contribution in [-0.2, 0) is 12.8 Å².